The monoisotopic (exact) mass is 324 g/mol. The van der Waals surface area contributed by atoms with Gasteiger partial charge in [-0.1, -0.05) is 29.8 Å². The van der Waals surface area contributed by atoms with Crippen LogP contribution in [0.3, 0.4) is 0 Å². The van der Waals surface area contributed by atoms with E-state index in [0.29, 0.717) is 22.8 Å². The summed E-state index contributed by atoms with van der Waals surface area (Å²) in [5, 5.41) is 0.358. The molecule has 0 aliphatic rings. The molecule has 6 heteroatoms. The first-order chi connectivity index (χ1) is 9.85. The van der Waals surface area contributed by atoms with Gasteiger partial charge in [0.05, 0.1) is 15.6 Å². The van der Waals surface area contributed by atoms with Gasteiger partial charge in [0.15, 0.2) is 0 Å². The molecule has 21 heavy (non-hydrogen) atoms. The Balaban J connectivity index is 2.46. The second-order valence-electron chi connectivity index (χ2n) is 4.83. The minimum atomic E-state index is -3.71. The Morgan fingerprint density at radius 2 is 1.90 bits per heavy atom. The summed E-state index contributed by atoms with van der Waals surface area (Å²) in [5.41, 5.74) is 8.36. The SMILES string of the molecule is Cc1ccc(Cl)c(NS(=O)(=O)c2cccc(CN)c2C)c1. The molecule has 4 nitrogen and oxygen atoms in total. The maximum Gasteiger partial charge on any atom is 0.262 e. The predicted molar refractivity (Wildman–Crippen MR) is 86.1 cm³/mol. The number of halogens is 1. The predicted octanol–water partition coefficient (Wildman–Crippen LogP) is 3.22. The number of hydrogen-bond acceptors (Lipinski definition) is 3. The molecule has 0 saturated carbocycles. The number of anilines is 1. The zero-order valence-corrected chi connectivity index (χ0v) is 13.4. The molecular weight excluding hydrogens is 308 g/mol. The lowest BCUT2D eigenvalue weighted by atomic mass is 10.1. The molecule has 2 aromatic carbocycles. The van der Waals surface area contributed by atoms with Crippen LogP contribution in [-0.2, 0) is 16.6 Å². The number of hydrogen-bond donors (Lipinski definition) is 2. The Labute approximate surface area is 130 Å². The first-order valence-electron chi connectivity index (χ1n) is 6.42. The number of benzene rings is 2. The van der Waals surface area contributed by atoms with Crippen LogP contribution in [0.25, 0.3) is 0 Å². The highest BCUT2D eigenvalue weighted by Crippen LogP contribution is 2.27. The third-order valence-corrected chi connectivity index (χ3v) is 5.11. The van der Waals surface area contributed by atoms with Gasteiger partial charge in [0.2, 0.25) is 0 Å². The van der Waals surface area contributed by atoms with E-state index in [4.69, 9.17) is 17.3 Å². The molecule has 0 saturated heterocycles. The molecule has 0 spiro atoms. The normalized spacial score (nSPS) is 11.4. The summed E-state index contributed by atoms with van der Waals surface area (Å²) < 4.78 is 27.6. The van der Waals surface area contributed by atoms with Crippen molar-refractivity contribution in [1.82, 2.24) is 0 Å². The fraction of sp³-hybridized carbons (Fsp3) is 0.200. The lowest BCUT2D eigenvalue weighted by molar-refractivity contribution is 0.600. The Hall–Kier alpha value is -1.56. The Bertz CT molecular complexity index is 773. The van der Waals surface area contributed by atoms with E-state index in [-0.39, 0.29) is 4.90 Å². The van der Waals surface area contributed by atoms with Crippen LogP contribution in [0.15, 0.2) is 41.3 Å². The van der Waals surface area contributed by atoms with Gasteiger partial charge >= 0.3 is 0 Å². The Kier molecular flexibility index (Phi) is 4.56. The van der Waals surface area contributed by atoms with Gasteiger partial charge in [-0.2, -0.15) is 0 Å². The molecule has 0 aromatic heterocycles. The van der Waals surface area contributed by atoms with Crippen LogP contribution in [0.2, 0.25) is 5.02 Å². The number of aryl methyl sites for hydroxylation is 1. The van der Waals surface area contributed by atoms with Gasteiger partial charge in [0.1, 0.15) is 0 Å². The quantitative estimate of drug-likeness (QED) is 0.907. The van der Waals surface area contributed by atoms with Crippen molar-refractivity contribution in [2.45, 2.75) is 25.3 Å². The second-order valence-corrected chi connectivity index (χ2v) is 6.89. The van der Waals surface area contributed by atoms with Crippen LogP contribution in [-0.4, -0.2) is 8.42 Å². The van der Waals surface area contributed by atoms with Crippen LogP contribution in [0, 0.1) is 13.8 Å². The molecule has 0 fully saturated rings. The maximum absolute atomic E-state index is 12.5. The van der Waals surface area contributed by atoms with Crippen molar-refractivity contribution in [3.63, 3.8) is 0 Å². The molecule has 2 rings (SSSR count). The van der Waals surface area contributed by atoms with Gasteiger partial charge in [-0.15, -0.1) is 0 Å². The third-order valence-electron chi connectivity index (χ3n) is 3.27. The van der Waals surface area contributed by atoms with Crippen molar-refractivity contribution in [1.29, 1.82) is 0 Å². The van der Waals surface area contributed by atoms with Crippen LogP contribution in [0.5, 0.6) is 0 Å². The smallest absolute Gasteiger partial charge is 0.262 e. The standard InChI is InChI=1S/C15H17ClN2O2S/c1-10-6-7-13(16)14(8-10)18-21(19,20)15-5-3-4-12(9-17)11(15)2/h3-8,18H,9,17H2,1-2H3. The molecule has 112 valence electrons. The maximum atomic E-state index is 12.5. The lowest BCUT2D eigenvalue weighted by Crippen LogP contribution is -2.16. The summed E-state index contributed by atoms with van der Waals surface area (Å²) in [7, 11) is -3.71. The summed E-state index contributed by atoms with van der Waals surface area (Å²) in [6.07, 6.45) is 0. The molecule has 0 heterocycles. The van der Waals surface area contributed by atoms with Gasteiger partial charge in [-0.25, -0.2) is 8.42 Å². The minimum Gasteiger partial charge on any atom is -0.326 e. The first-order valence-corrected chi connectivity index (χ1v) is 8.29. The highest BCUT2D eigenvalue weighted by Gasteiger charge is 2.19. The van der Waals surface area contributed by atoms with E-state index >= 15 is 0 Å². The molecule has 0 radical (unpaired) electrons. The summed E-state index contributed by atoms with van der Waals surface area (Å²) in [6, 6.07) is 10.2. The largest absolute Gasteiger partial charge is 0.326 e. The average Bonchev–Trinajstić information content (AvgIpc) is 2.42. The van der Waals surface area contributed by atoms with Gasteiger partial charge in [-0.3, -0.25) is 4.72 Å². The molecule has 0 amide bonds. The van der Waals surface area contributed by atoms with Crippen molar-refractivity contribution in [2.75, 3.05) is 4.72 Å². The van der Waals surface area contributed by atoms with Crippen molar-refractivity contribution in [3.05, 3.63) is 58.1 Å². The van der Waals surface area contributed by atoms with Crippen LogP contribution in [0.1, 0.15) is 16.7 Å². The van der Waals surface area contributed by atoms with Gasteiger partial charge in [0, 0.05) is 6.54 Å². The Morgan fingerprint density at radius 3 is 2.57 bits per heavy atom. The van der Waals surface area contributed by atoms with Crippen molar-refractivity contribution >= 4 is 27.3 Å². The minimum absolute atomic E-state index is 0.211. The van der Waals surface area contributed by atoms with Gasteiger partial charge in [0.25, 0.3) is 10.0 Å². The summed E-state index contributed by atoms with van der Waals surface area (Å²) in [6.45, 7) is 3.91. The highest BCUT2D eigenvalue weighted by atomic mass is 35.5. The molecule has 2 aromatic rings. The fourth-order valence-corrected chi connectivity index (χ4v) is 3.67. The summed E-state index contributed by atoms with van der Waals surface area (Å²) in [5.74, 6) is 0. The lowest BCUT2D eigenvalue weighted by Gasteiger charge is -2.14. The number of nitrogens with two attached hydrogens (primary N) is 1. The number of nitrogens with one attached hydrogen (secondary N) is 1. The first kappa shape index (κ1) is 15.8. The topological polar surface area (TPSA) is 72.2 Å². The Morgan fingerprint density at radius 1 is 1.19 bits per heavy atom. The van der Waals surface area contributed by atoms with Crippen LogP contribution >= 0.6 is 11.6 Å². The van der Waals surface area contributed by atoms with E-state index < -0.39 is 10.0 Å². The van der Waals surface area contributed by atoms with E-state index in [1.807, 2.05) is 19.1 Å². The molecule has 0 aliphatic carbocycles. The van der Waals surface area contributed by atoms with E-state index in [1.54, 1.807) is 31.2 Å². The fourth-order valence-electron chi connectivity index (χ4n) is 2.09. The molecule has 0 atom stereocenters. The van der Waals surface area contributed by atoms with E-state index in [9.17, 15) is 8.42 Å². The summed E-state index contributed by atoms with van der Waals surface area (Å²) >= 11 is 6.04. The molecular formula is C15H17ClN2O2S. The number of rotatable bonds is 4. The number of sulfonamides is 1. The van der Waals surface area contributed by atoms with Gasteiger partial charge in [-0.05, 0) is 48.7 Å². The van der Waals surface area contributed by atoms with E-state index in [1.165, 1.54) is 0 Å². The second kappa shape index (κ2) is 6.05. The van der Waals surface area contributed by atoms with Crippen molar-refractivity contribution < 1.29 is 8.42 Å². The van der Waals surface area contributed by atoms with Gasteiger partial charge < -0.3 is 5.73 Å². The average molecular weight is 325 g/mol. The molecule has 0 bridgehead atoms. The third kappa shape index (κ3) is 3.37. The molecule has 3 N–H and O–H groups in total. The van der Waals surface area contributed by atoms with Crippen LogP contribution in [0.4, 0.5) is 5.69 Å². The van der Waals surface area contributed by atoms with E-state index in [0.717, 1.165) is 11.1 Å². The van der Waals surface area contributed by atoms with Crippen molar-refractivity contribution in [2.24, 2.45) is 5.73 Å². The zero-order chi connectivity index (χ0) is 15.6. The highest BCUT2D eigenvalue weighted by molar-refractivity contribution is 7.92. The van der Waals surface area contributed by atoms with Crippen LogP contribution < -0.4 is 10.5 Å². The van der Waals surface area contributed by atoms with Crippen molar-refractivity contribution in [3.8, 4) is 0 Å². The zero-order valence-electron chi connectivity index (χ0n) is 11.9. The van der Waals surface area contributed by atoms with E-state index in [2.05, 4.69) is 4.72 Å². The molecule has 0 unspecified atom stereocenters. The summed E-state index contributed by atoms with van der Waals surface area (Å²) in [4.78, 5) is 0.211. The molecule has 0 aliphatic heterocycles.